The normalized spacial score (nSPS) is 22.1. The average Bonchev–Trinajstić information content (AvgIpc) is 3.50. The van der Waals surface area contributed by atoms with Crippen LogP contribution in [0, 0.1) is 17.6 Å². The maximum Gasteiger partial charge on any atom is 0.272 e. The third-order valence-electron chi connectivity index (χ3n) is 6.47. The molecule has 1 atom stereocenters. The Kier molecular flexibility index (Phi) is 7.66. The standard InChI is InChI=1S/C23H26ClF2N5O4/c24-16-8-13(25)9-17(26)18(16)30-22(33)12-3-5-14(6-4-12)31-11-29-19(20(31)21(27)32)23(34)28-10-15-2-1-7-35-15/h8-9,11-12,14-15H,1-7,10H2,(H2,27,32)(H,28,34)(H,30,33)/t12?,14?,15-/m1/s1. The summed E-state index contributed by atoms with van der Waals surface area (Å²) in [6.07, 6.45) is 5.04. The smallest absolute Gasteiger partial charge is 0.272 e. The summed E-state index contributed by atoms with van der Waals surface area (Å²) in [5.74, 6) is -3.92. The topological polar surface area (TPSA) is 128 Å². The summed E-state index contributed by atoms with van der Waals surface area (Å²) in [6.45, 7) is 0.983. The van der Waals surface area contributed by atoms with Gasteiger partial charge in [-0.15, -0.1) is 0 Å². The van der Waals surface area contributed by atoms with Gasteiger partial charge in [-0.2, -0.15) is 0 Å². The fourth-order valence-electron chi connectivity index (χ4n) is 4.65. The summed E-state index contributed by atoms with van der Waals surface area (Å²) in [4.78, 5) is 41.6. The number of hydrogen-bond acceptors (Lipinski definition) is 5. The van der Waals surface area contributed by atoms with Crippen LogP contribution in [0.3, 0.4) is 0 Å². The van der Waals surface area contributed by atoms with E-state index in [1.54, 1.807) is 4.57 Å². The molecule has 1 aromatic heterocycles. The number of nitrogens with one attached hydrogen (secondary N) is 2. The van der Waals surface area contributed by atoms with Gasteiger partial charge in [0.05, 0.1) is 23.1 Å². The zero-order valence-corrected chi connectivity index (χ0v) is 19.6. The number of rotatable bonds is 7. The minimum atomic E-state index is -0.952. The lowest BCUT2D eigenvalue weighted by Gasteiger charge is -2.29. The van der Waals surface area contributed by atoms with E-state index in [0.717, 1.165) is 18.9 Å². The number of amides is 3. The molecule has 2 aromatic rings. The number of nitrogens with zero attached hydrogens (tertiary/aromatic N) is 2. The van der Waals surface area contributed by atoms with Gasteiger partial charge in [-0.05, 0) is 44.6 Å². The Hall–Kier alpha value is -3.05. The molecule has 1 saturated carbocycles. The quantitative estimate of drug-likeness (QED) is 0.528. The van der Waals surface area contributed by atoms with E-state index >= 15 is 0 Å². The molecule has 0 bridgehead atoms. The molecule has 2 aliphatic rings. The molecule has 0 unspecified atom stereocenters. The van der Waals surface area contributed by atoms with Crippen LogP contribution >= 0.6 is 11.6 Å². The number of carbonyl (C=O) groups excluding carboxylic acids is 3. The number of aromatic nitrogens is 2. The van der Waals surface area contributed by atoms with E-state index in [1.165, 1.54) is 6.33 Å². The van der Waals surface area contributed by atoms with Crippen molar-refractivity contribution < 1.29 is 27.9 Å². The molecular formula is C23H26ClF2N5O4. The second-order valence-electron chi connectivity index (χ2n) is 8.80. The highest BCUT2D eigenvalue weighted by molar-refractivity contribution is 6.33. The van der Waals surface area contributed by atoms with E-state index in [4.69, 9.17) is 22.1 Å². The zero-order chi connectivity index (χ0) is 25.1. The molecule has 188 valence electrons. The van der Waals surface area contributed by atoms with Crippen molar-refractivity contribution in [2.45, 2.75) is 50.7 Å². The maximum absolute atomic E-state index is 14.0. The highest BCUT2D eigenvalue weighted by Crippen LogP contribution is 2.35. The minimum absolute atomic E-state index is 0.0166. The van der Waals surface area contributed by atoms with Crippen molar-refractivity contribution in [1.82, 2.24) is 14.9 Å². The molecule has 9 nitrogen and oxygen atoms in total. The van der Waals surface area contributed by atoms with Gasteiger partial charge in [0.25, 0.3) is 11.8 Å². The molecule has 35 heavy (non-hydrogen) atoms. The summed E-state index contributed by atoms with van der Waals surface area (Å²) in [5, 5.41) is 4.97. The van der Waals surface area contributed by atoms with Crippen LogP contribution in [0.25, 0.3) is 0 Å². The van der Waals surface area contributed by atoms with Gasteiger partial charge in [-0.1, -0.05) is 11.6 Å². The molecule has 4 N–H and O–H groups in total. The summed E-state index contributed by atoms with van der Waals surface area (Å²) in [5.41, 5.74) is 5.29. The Bertz CT molecular complexity index is 1100. The van der Waals surface area contributed by atoms with Crippen molar-refractivity contribution in [3.63, 3.8) is 0 Å². The molecule has 1 saturated heterocycles. The molecule has 4 rings (SSSR count). The van der Waals surface area contributed by atoms with Gasteiger partial charge >= 0.3 is 0 Å². The largest absolute Gasteiger partial charge is 0.376 e. The fraction of sp³-hybridized carbons (Fsp3) is 0.478. The summed E-state index contributed by atoms with van der Waals surface area (Å²) in [6, 6.07) is 1.38. The maximum atomic E-state index is 14.0. The predicted molar refractivity (Wildman–Crippen MR) is 123 cm³/mol. The van der Waals surface area contributed by atoms with Crippen molar-refractivity contribution in [3.05, 3.63) is 46.5 Å². The second-order valence-corrected chi connectivity index (χ2v) is 9.20. The first kappa shape index (κ1) is 25.1. The third kappa shape index (κ3) is 5.62. The SMILES string of the molecule is NC(=O)c1c(C(=O)NC[C@H]2CCCO2)ncn1C1CCC(C(=O)Nc2c(F)cc(F)cc2Cl)CC1. The Morgan fingerprint density at radius 1 is 1.17 bits per heavy atom. The van der Waals surface area contributed by atoms with Gasteiger partial charge in [-0.3, -0.25) is 14.4 Å². The third-order valence-corrected chi connectivity index (χ3v) is 6.77. The van der Waals surface area contributed by atoms with Crippen LogP contribution in [0.1, 0.15) is 65.5 Å². The summed E-state index contributed by atoms with van der Waals surface area (Å²) in [7, 11) is 0. The number of anilines is 1. The highest BCUT2D eigenvalue weighted by Gasteiger charge is 2.32. The van der Waals surface area contributed by atoms with Gasteiger partial charge in [0.1, 0.15) is 11.5 Å². The monoisotopic (exact) mass is 509 g/mol. The summed E-state index contributed by atoms with van der Waals surface area (Å²) >= 11 is 5.87. The Labute approximate surface area is 205 Å². The molecule has 1 aromatic carbocycles. The van der Waals surface area contributed by atoms with Gasteiger partial charge in [0.15, 0.2) is 11.5 Å². The number of primary amides is 1. The van der Waals surface area contributed by atoms with E-state index in [9.17, 15) is 23.2 Å². The van der Waals surface area contributed by atoms with Crippen molar-refractivity contribution in [3.8, 4) is 0 Å². The van der Waals surface area contributed by atoms with Crippen LogP contribution in [-0.2, 0) is 9.53 Å². The second kappa shape index (κ2) is 10.7. The van der Waals surface area contributed by atoms with Gasteiger partial charge < -0.3 is 25.7 Å². The number of halogens is 3. The van der Waals surface area contributed by atoms with Crippen LogP contribution in [-0.4, -0.2) is 46.5 Å². The minimum Gasteiger partial charge on any atom is -0.376 e. The average molecular weight is 510 g/mol. The van der Waals surface area contributed by atoms with Crippen LogP contribution in [0.4, 0.5) is 14.5 Å². The van der Waals surface area contributed by atoms with Gasteiger partial charge in [0.2, 0.25) is 5.91 Å². The van der Waals surface area contributed by atoms with Crippen molar-refractivity contribution in [1.29, 1.82) is 0 Å². The molecule has 0 spiro atoms. The Morgan fingerprint density at radius 2 is 1.91 bits per heavy atom. The van der Waals surface area contributed by atoms with Crippen LogP contribution in [0.15, 0.2) is 18.5 Å². The molecule has 1 aliphatic carbocycles. The van der Waals surface area contributed by atoms with E-state index in [1.807, 2.05) is 0 Å². The van der Waals surface area contributed by atoms with Crippen LogP contribution in [0.5, 0.6) is 0 Å². The van der Waals surface area contributed by atoms with E-state index in [2.05, 4.69) is 15.6 Å². The molecule has 2 fully saturated rings. The van der Waals surface area contributed by atoms with Crippen molar-refractivity contribution >= 4 is 35.0 Å². The first-order valence-corrected chi connectivity index (χ1v) is 11.8. The lowest BCUT2D eigenvalue weighted by Crippen LogP contribution is -2.34. The van der Waals surface area contributed by atoms with E-state index < -0.39 is 35.3 Å². The van der Waals surface area contributed by atoms with Gasteiger partial charge in [-0.25, -0.2) is 13.8 Å². The van der Waals surface area contributed by atoms with Crippen molar-refractivity contribution in [2.75, 3.05) is 18.5 Å². The Balaban J connectivity index is 1.39. The lowest BCUT2D eigenvalue weighted by molar-refractivity contribution is -0.121. The Morgan fingerprint density at radius 3 is 2.54 bits per heavy atom. The first-order chi connectivity index (χ1) is 16.7. The predicted octanol–water partition coefficient (Wildman–Crippen LogP) is 3.19. The van der Waals surface area contributed by atoms with Gasteiger partial charge in [0, 0.05) is 31.2 Å². The highest BCUT2D eigenvalue weighted by atomic mass is 35.5. The number of hydrogen-bond donors (Lipinski definition) is 3. The van der Waals surface area contributed by atoms with E-state index in [0.29, 0.717) is 44.9 Å². The number of nitrogens with two attached hydrogens (primary N) is 1. The lowest BCUT2D eigenvalue weighted by atomic mass is 9.85. The number of imidazole rings is 1. The summed E-state index contributed by atoms with van der Waals surface area (Å²) < 4.78 is 34.4. The number of benzene rings is 1. The zero-order valence-electron chi connectivity index (χ0n) is 18.9. The fourth-order valence-corrected chi connectivity index (χ4v) is 4.89. The first-order valence-electron chi connectivity index (χ1n) is 11.5. The van der Waals surface area contributed by atoms with Crippen LogP contribution in [0.2, 0.25) is 5.02 Å². The van der Waals surface area contributed by atoms with Crippen LogP contribution < -0.4 is 16.4 Å². The molecule has 12 heteroatoms. The molecule has 0 radical (unpaired) electrons. The van der Waals surface area contributed by atoms with Crippen molar-refractivity contribution in [2.24, 2.45) is 11.7 Å². The molecule has 1 aliphatic heterocycles. The molecule has 3 amide bonds. The molecule has 2 heterocycles. The van der Waals surface area contributed by atoms with E-state index in [-0.39, 0.29) is 34.2 Å². The molecular weight excluding hydrogens is 484 g/mol. The number of carbonyl (C=O) groups is 3. The number of ether oxygens (including phenoxy) is 1.